The number of benzene rings is 1. The second-order valence-electron chi connectivity index (χ2n) is 6.97. The van der Waals surface area contributed by atoms with E-state index in [0.717, 1.165) is 45.9 Å². The van der Waals surface area contributed by atoms with E-state index in [2.05, 4.69) is 45.3 Å². The van der Waals surface area contributed by atoms with Crippen molar-refractivity contribution in [2.24, 2.45) is 0 Å². The maximum absolute atomic E-state index is 12.8. The molecular formula is C19H22BrN3O2S. The Morgan fingerprint density at radius 2 is 2.15 bits per heavy atom. The van der Waals surface area contributed by atoms with Crippen LogP contribution in [0, 0.1) is 0 Å². The molecule has 2 aromatic rings. The van der Waals surface area contributed by atoms with Crippen molar-refractivity contribution in [2.45, 2.75) is 39.0 Å². The molecule has 4 rings (SSSR count). The van der Waals surface area contributed by atoms with Crippen LogP contribution in [0.4, 0.5) is 5.00 Å². The molecule has 5 nitrogen and oxygen atoms in total. The minimum Gasteiger partial charge on any atom is -0.496 e. The maximum Gasteiger partial charge on any atom is 0.256 e. The van der Waals surface area contributed by atoms with Gasteiger partial charge in [0.1, 0.15) is 16.9 Å². The van der Waals surface area contributed by atoms with Gasteiger partial charge in [0.05, 0.1) is 17.1 Å². The van der Waals surface area contributed by atoms with Crippen molar-refractivity contribution in [3.8, 4) is 5.75 Å². The van der Waals surface area contributed by atoms with Gasteiger partial charge in [0.2, 0.25) is 0 Å². The summed E-state index contributed by atoms with van der Waals surface area (Å²) in [5, 5.41) is 7.61. The third-order valence-corrected chi connectivity index (χ3v) is 6.87. The van der Waals surface area contributed by atoms with Gasteiger partial charge in [-0.1, -0.05) is 6.07 Å². The van der Waals surface area contributed by atoms with Crippen LogP contribution in [0.15, 0.2) is 22.7 Å². The molecule has 0 spiro atoms. The number of anilines is 1. The Morgan fingerprint density at radius 3 is 2.85 bits per heavy atom. The number of amides is 1. The Morgan fingerprint density at radius 1 is 1.35 bits per heavy atom. The van der Waals surface area contributed by atoms with Crippen LogP contribution >= 0.6 is 27.3 Å². The van der Waals surface area contributed by atoms with Gasteiger partial charge in [0.25, 0.3) is 5.91 Å². The SMILES string of the molecule is COc1ccc([C@H]2NC(=O)c3c(sc4c3CCN(C(C)C)C4)N2)cc1Br. The first-order chi connectivity index (χ1) is 12.5. The second kappa shape index (κ2) is 6.87. The molecule has 0 aliphatic carbocycles. The Balaban J connectivity index is 1.63. The third-order valence-electron chi connectivity index (χ3n) is 5.10. The molecule has 1 amide bonds. The minimum atomic E-state index is -0.237. The molecule has 7 heteroatoms. The van der Waals surface area contributed by atoms with Crippen LogP contribution in [0.25, 0.3) is 0 Å². The maximum atomic E-state index is 12.8. The van der Waals surface area contributed by atoms with E-state index in [9.17, 15) is 4.79 Å². The average Bonchev–Trinajstić information content (AvgIpc) is 2.99. The van der Waals surface area contributed by atoms with E-state index in [1.807, 2.05) is 18.2 Å². The topological polar surface area (TPSA) is 53.6 Å². The van der Waals surface area contributed by atoms with Gasteiger partial charge in [0.15, 0.2) is 0 Å². The second-order valence-corrected chi connectivity index (χ2v) is 8.93. The lowest BCUT2D eigenvalue weighted by atomic mass is 9.99. The van der Waals surface area contributed by atoms with Crippen LogP contribution in [0.5, 0.6) is 5.75 Å². The van der Waals surface area contributed by atoms with E-state index in [1.54, 1.807) is 18.4 Å². The summed E-state index contributed by atoms with van der Waals surface area (Å²) in [4.78, 5) is 16.6. The number of hydrogen-bond acceptors (Lipinski definition) is 5. The van der Waals surface area contributed by atoms with Crippen molar-refractivity contribution >= 4 is 38.2 Å². The number of hydrogen-bond donors (Lipinski definition) is 2. The quantitative estimate of drug-likeness (QED) is 0.760. The van der Waals surface area contributed by atoms with Crippen molar-refractivity contribution in [3.05, 3.63) is 44.2 Å². The van der Waals surface area contributed by atoms with E-state index >= 15 is 0 Å². The Hall–Kier alpha value is -1.57. The van der Waals surface area contributed by atoms with E-state index in [1.165, 1.54) is 10.4 Å². The predicted molar refractivity (Wildman–Crippen MR) is 108 cm³/mol. The largest absolute Gasteiger partial charge is 0.496 e. The number of carbonyl (C=O) groups excluding carboxylic acids is 1. The van der Waals surface area contributed by atoms with Gasteiger partial charge in [-0.05, 0) is 59.5 Å². The van der Waals surface area contributed by atoms with Crippen LogP contribution in [-0.2, 0) is 13.0 Å². The first-order valence-corrected chi connectivity index (χ1v) is 10.4. The van der Waals surface area contributed by atoms with Crippen molar-refractivity contribution in [1.29, 1.82) is 0 Å². The zero-order valence-corrected chi connectivity index (χ0v) is 17.5. The zero-order chi connectivity index (χ0) is 18.4. The highest BCUT2D eigenvalue weighted by atomic mass is 79.9. The normalized spacial score (nSPS) is 19.6. The molecule has 2 N–H and O–H groups in total. The van der Waals surface area contributed by atoms with Gasteiger partial charge in [-0.2, -0.15) is 0 Å². The molecule has 0 saturated carbocycles. The summed E-state index contributed by atoms with van der Waals surface area (Å²) in [7, 11) is 1.64. The first kappa shape index (κ1) is 17.8. The van der Waals surface area contributed by atoms with Crippen LogP contribution in [0.3, 0.4) is 0 Å². The number of fused-ring (bicyclic) bond motifs is 3. The molecule has 1 aromatic carbocycles. The number of nitrogens with zero attached hydrogens (tertiary/aromatic N) is 1. The van der Waals surface area contributed by atoms with Gasteiger partial charge in [-0.3, -0.25) is 9.69 Å². The fourth-order valence-corrected chi connectivity index (χ4v) is 5.46. The fraction of sp³-hybridized carbons (Fsp3) is 0.421. The molecule has 138 valence electrons. The number of carbonyl (C=O) groups is 1. The van der Waals surface area contributed by atoms with E-state index in [4.69, 9.17) is 4.74 Å². The summed E-state index contributed by atoms with van der Waals surface area (Å²) < 4.78 is 6.16. The highest BCUT2D eigenvalue weighted by Gasteiger charge is 2.33. The van der Waals surface area contributed by atoms with Gasteiger partial charge in [0, 0.05) is 24.0 Å². The molecule has 0 unspecified atom stereocenters. The number of rotatable bonds is 3. The monoisotopic (exact) mass is 435 g/mol. The van der Waals surface area contributed by atoms with Gasteiger partial charge in [-0.15, -0.1) is 11.3 Å². The number of halogens is 1. The minimum absolute atomic E-state index is 0.0196. The van der Waals surface area contributed by atoms with E-state index in [-0.39, 0.29) is 12.1 Å². The molecule has 1 aromatic heterocycles. The van der Waals surface area contributed by atoms with Crippen molar-refractivity contribution in [3.63, 3.8) is 0 Å². The highest BCUT2D eigenvalue weighted by molar-refractivity contribution is 9.10. The lowest BCUT2D eigenvalue weighted by Crippen LogP contribution is -2.39. The number of nitrogens with one attached hydrogen (secondary N) is 2. The number of ether oxygens (including phenoxy) is 1. The van der Waals surface area contributed by atoms with E-state index in [0.29, 0.717) is 6.04 Å². The lowest BCUT2D eigenvalue weighted by Gasteiger charge is -2.31. The van der Waals surface area contributed by atoms with Crippen molar-refractivity contribution in [1.82, 2.24) is 10.2 Å². The van der Waals surface area contributed by atoms with Crippen LogP contribution in [0.2, 0.25) is 0 Å². The Bertz CT molecular complexity index is 865. The Kier molecular flexibility index (Phi) is 4.71. The fourth-order valence-electron chi connectivity index (χ4n) is 3.61. The average molecular weight is 436 g/mol. The van der Waals surface area contributed by atoms with Crippen LogP contribution in [0.1, 0.15) is 46.4 Å². The molecular weight excluding hydrogens is 414 g/mol. The summed E-state index contributed by atoms with van der Waals surface area (Å²) in [5.41, 5.74) is 3.06. The van der Waals surface area contributed by atoms with Gasteiger partial charge in [-0.25, -0.2) is 0 Å². The molecule has 0 saturated heterocycles. The van der Waals surface area contributed by atoms with Gasteiger partial charge >= 0.3 is 0 Å². The highest BCUT2D eigenvalue weighted by Crippen LogP contribution is 2.41. The summed E-state index contributed by atoms with van der Waals surface area (Å²) in [6.45, 7) is 6.39. The molecule has 3 heterocycles. The smallest absolute Gasteiger partial charge is 0.256 e. The summed E-state index contributed by atoms with van der Waals surface area (Å²) in [6.07, 6.45) is 0.700. The molecule has 2 aliphatic heterocycles. The first-order valence-electron chi connectivity index (χ1n) is 8.77. The molecule has 2 aliphatic rings. The Labute approximate surface area is 165 Å². The molecule has 0 bridgehead atoms. The van der Waals surface area contributed by atoms with E-state index < -0.39 is 0 Å². The summed E-state index contributed by atoms with van der Waals surface area (Å²) in [6, 6.07) is 6.38. The molecule has 0 radical (unpaired) electrons. The summed E-state index contributed by atoms with van der Waals surface area (Å²) in [5.74, 6) is 0.795. The summed E-state index contributed by atoms with van der Waals surface area (Å²) >= 11 is 5.24. The molecule has 1 atom stereocenters. The zero-order valence-electron chi connectivity index (χ0n) is 15.1. The third kappa shape index (κ3) is 3.02. The van der Waals surface area contributed by atoms with Crippen molar-refractivity contribution in [2.75, 3.05) is 19.0 Å². The molecule has 26 heavy (non-hydrogen) atoms. The van der Waals surface area contributed by atoms with Crippen LogP contribution in [-0.4, -0.2) is 30.5 Å². The van der Waals surface area contributed by atoms with Crippen molar-refractivity contribution < 1.29 is 9.53 Å². The standard InChI is InChI=1S/C19H22BrN3O2S/c1-10(2)23-7-6-12-15(9-23)26-19-16(12)18(24)21-17(22-19)11-4-5-14(25-3)13(20)8-11/h4-5,8,10,17,22H,6-7,9H2,1-3H3,(H,21,24)/t17-/m0/s1. The lowest BCUT2D eigenvalue weighted by molar-refractivity contribution is 0.0934. The van der Waals surface area contributed by atoms with Gasteiger partial charge < -0.3 is 15.4 Å². The predicted octanol–water partition coefficient (Wildman–Crippen LogP) is 4.14. The number of methoxy groups -OCH3 is 1. The molecule has 0 fully saturated rings. The van der Waals surface area contributed by atoms with Crippen LogP contribution < -0.4 is 15.4 Å². The number of thiophene rings is 1.